The molecule has 0 saturated heterocycles. The molecule has 86 valence electrons. The van der Waals surface area contributed by atoms with Crippen LogP contribution in [-0.4, -0.2) is 6.04 Å². The Morgan fingerprint density at radius 2 is 1.60 bits per heavy atom. The lowest BCUT2D eigenvalue weighted by Crippen LogP contribution is -2.63. The average Bonchev–Trinajstić information content (AvgIpc) is 2.11. The topological polar surface area (TPSA) is 26.0 Å². The molecule has 4 saturated carbocycles. The minimum Gasteiger partial charge on any atom is -0.327 e. The van der Waals surface area contributed by atoms with E-state index in [4.69, 9.17) is 5.73 Å². The molecule has 4 bridgehead atoms. The molecule has 0 heterocycles. The van der Waals surface area contributed by atoms with Gasteiger partial charge in [0.1, 0.15) is 0 Å². The Morgan fingerprint density at radius 3 is 2.00 bits per heavy atom. The summed E-state index contributed by atoms with van der Waals surface area (Å²) in [6.07, 6.45) is 7.39. The Hall–Kier alpha value is -0.0400. The number of rotatable bonds is 1. The summed E-state index contributed by atoms with van der Waals surface area (Å²) in [7, 11) is 0. The average molecular weight is 207 g/mol. The molecule has 1 heteroatoms. The molecule has 0 aromatic heterocycles. The fraction of sp³-hybridized carbons (Fsp3) is 1.00. The van der Waals surface area contributed by atoms with Crippen LogP contribution in [0.15, 0.2) is 0 Å². The Kier molecular flexibility index (Phi) is 1.89. The van der Waals surface area contributed by atoms with Gasteiger partial charge in [-0.2, -0.15) is 0 Å². The molecule has 4 aliphatic rings. The molecular formula is C14H25N. The molecule has 0 radical (unpaired) electrons. The van der Waals surface area contributed by atoms with Crippen LogP contribution in [0.3, 0.4) is 0 Å². The van der Waals surface area contributed by atoms with Crippen molar-refractivity contribution in [2.24, 2.45) is 34.3 Å². The first-order valence-electron chi connectivity index (χ1n) is 6.71. The van der Waals surface area contributed by atoms with Gasteiger partial charge >= 0.3 is 0 Å². The number of hydrogen-bond acceptors (Lipinski definition) is 1. The summed E-state index contributed by atoms with van der Waals surface area (Å²) < 4.78 is 0. The van der Waals surface area contributed by atoms with Crippen molar-refractivity contribution in [3.8, 4) is 0 Å². The van der Waals surface area contributed by atoms with Crippen LogP contribution in [-0.2, 0) is 0 Å². The summed E-state index contributed by atoms with van der Waals surface area (Å²) in [5, 5.41) is 0. The minimum absolute atomic E-state index is 0.368. The fourth-order valence-corrected chi connectivity index (χ4v) is 5.60. The molecule has 4 atom stereocenters. The van der Waals surface area contributed by atoms with Gasteiger partial charge in [-0.25, -0.2) is 0 Å². The second-order valence-corrected chi connectivity index (χ2v) is 7.18. The highest BCUT2D eigenvalue weighted by atomic mass is 14.8. The molecule has 0 aliphatic heterocycles. The highest BCUT2D eigenvalue weighted by Crippen LogP contribution is 2.68. The van der Waals surface area contributed by atoms with Crippen molar-refractivity contribution in [1.82, 2.24) is 0 Å². The standard InChI is InChI=1S/C14H25N/c1-9(15)14(3)12-5-10-4-11(6-12)8-13(14,2)7-10/h9-12H,4-8,15H2,1-3H3. The van der Waals surface area contributed by atoms with E-state index in [-0.39, 0.29) is 0 Å². The van der Waals surface area contributed by atoms with Crippen molar-refractivity contribution in [1.29, 1.82) is 0 Å². The van der Waals surface area contributed by atoms with Crippen LogP contribution in [0.25, 0.3) is 0 Å². The van der Waals surface area contributed by atoms with Gasteiger partial charge in [-0.3, -0.25) is 0 Å². The third-order valence-electron chi connectivity index (χ3n) is 6.48. The molecule has 1 nitrogen and oxygen atoms in total. The highest BCUT2D eigenvalue weighted by molar-refractivity contribution is 5.12. The SMILES string of the molecule is CC(N)C1(C)C2CC3CC(C2)CC1(C)C3. The summed E-state index contributed by atoms with van der Waals surface area (Å²) in [6, 6.07) is 0.368. The monoisotopic (exact) mass is 207 g/mol. The van der Waals surface area contributed by atoms with E-state index in [2.05, 4.69) is 20.8 Å². The molecule has 0 aromatic carbocycles. The zero-order chi connectivity index (χ0) is 10.8. The fourth-order valence-electron chi connectivity index (χ4n) is 5.60. The van der Waals surface area contributed by atoms with Crippen molar-refractivity contribution < 1.29 is 0 Å². The van der Waals surface area contributed by atoms with E-state index in [1.807, 2.05) is 0 Å². The lowest BCUT2D eigenvalue weighted by atomic mass is 9.38. The maximum absolute atomic E-state index is 6.34. The van der Waals surface area contributed by atoms with Crippen molar-refractivity contribution >= 4 is 0 Å². The van der Waals surface area contributed by atoms with Gasteiger partial charge in [-0.1, -0.05) is 13.8 Å². The van der Waals surface area contributed by atoms with Crippen LogP contribution in [0.2, 0.25) is 0 Å². The quantitative estimate of drug-likeness (QED) is 0.702. The van der Waals surface area contributed by atoms with E-state index in [0.29, 0.717) is 16.9 Å². The maximum atomic E-state index is 6.34. The lowest BCUT2D eigenvalue weighted by Gasteiger charge is -2.67. The van der Waals surface area contributed by atoms with E-state index in [0.717, 1.165) is 17.8 Å². The number of hydrogen-bond donors (Lipinski definition) is 1. The normalized spacial score (nSPS) is 59.6. The molecule has 4 fully saturated rings. The second-order valence-electron chi connectivity index (χ2n) is 7.18. The lowest BCUT2D eigenvalue weighted by molar-refractivity contribution is -0.168. The summed E-state index contributed by atoms with van der Waals surface area (Å²) in [5.41, 5.74) is 7.31. The van der Waals surface area contributed by atoms with Gasteiger partial charge < -0.3 is 5.73 Å². The minimum atomic E-state index is 0.368. The van der Waals surface area contributed by atoms with Crippen LogP contribution >= 0.6 is 0 Å². The molecule has 15 heavy (non-hydrogen) atoms. The van der Waals surface area contributed by atoms with Gasteiger partial charge in [0.2, 0.25) is 0 Å². The van der Waals surface area contributed by atoms with E-state index in [9.17, 15) is 0 Å². The van der Waals surface area contributed by atoms with Gasteiger partial charge in [0.05, 0.1) is 0 Å². The second kappa shape index (κ2) is 2.80. The third-order valence-corrected chi connectivity index (χ3v) is 6.48. The van der Waals surface area contributed by atoms with Gasteiger partial charge in [0.15, 0.2) is 0 Å². The Labute approximate surface area is 93.8 Å². The van der Waals surface area contributed by atoms with Gasteiger partial charge in [0.25, 0.3) is 0 Å². The molecular weight excluding hydrogens is 182 g/mol. The van der Waals surface area contributed by atoms with Crippen molar-refractivity contribution in [2.45, 2.75) is 58.9 Å². The highest BCUT2D eigenvalue weighted by Gasteiger charge is 2.61. The zero-order valence-corrected chi connectivity index (χ0v) is 10.4. The first-order chi connectivity index (χ1) is 6.96. The van der Waals surface area contributed by atoms with Crippen LogP contribution in [0.4, 0.5) is 0 Å². The molecule has 2 N–H and O–H groups in total. The van der Waals surface area contributed by atoms with E-state index in [1.165, 1.54) is 32.1 Å². The zero-order valence-electron chi connectivity index (χ0n) is 10.4. The Balaban J connectivity index is 2.03. The van der Waals surface area contributed by atoms with E-state index >= 15 is 0 Å². The Bertz CT molecular complexity index is 269. The van der Waals surface area contributed by atoms with Crippen LogP contribution in [0, 0.1) is 28.6 Å². The summed E-state index contributed by atoms with van der Waals surface area (Å²) in [6.45, 7) is 7.26. The van der Waals surface area contributed by atoms with Gasteiger partial charge in [0, 0.05) is 6.04 Å². The largest absolute Gasteiger partial charge is 0.327 e. The van der Waals surface area contributed by atoms with Crippen molar-refractivity contribution in [2.75, 3.05) is 0 Å². The van der Waals surface area contributed by atoms with Crippen molar-refractivity contribution in [3.63, 3.8) is 0 Å². The van der Waals surface area contributed by atoms with Gasteiger partial charge in [-0.15, -0.1) is 0 Å². The number of nitrogens with two attached hydrogens (primary N) is 1. The summed E-state index contributed by atoms with van der Waals surface area (Å²) >= 11 is 0. The van der Waals surface area contributed by atoms with E-state index in [1.54, 1.807) is 0 Å². The maximum Gasteiger partial charge on any atom is 0.00722 e. The smallest absolute Gasteiger partial charge is 0.00722 e. The molecule has 0 amide bonds. The molecule has 4 rings (SSSR count). The predicted octanol–water partition coefficient (Wildman–Crippen LogP) is 3.19. The van der Waals surface area contributed by atoms with Gasteiger partial charge in [-0.05, 0) is 67.6 Å². The molecule has 4 aliphatic carbocycles. The third kappa shape index (κ3) is 1.08. The predicted molar refractivity (Wildman–Crippen MR) is 63.4 cm³/mol. The van der Waals surface area contributed by atoms with Crippen LogP contribution in [0.5, 0.6) is 0 Å². The summed E-state index contributed by atoms with van der Waals surface area (Å²) in [5.74, 6) is 3.01. The molecule has 4 unspecified atom stereocenters. The van der Waals surface area contributed by atoms with Crippen LogP contribution < -0.4 is 5.73 Å². The molecule has 0 spiro atoms. The van der Waals surface area contributed by atoms with E-state index < -0.39 is 0 Å². The Morgan fingerprint density at radius 1 is 1.07 bits per heavy atom. The van der Waals surface area contributed by atoms with Crippen LogP contribution in [0.1, 0.15) is 52.9 Å². The first-order valence-corrected chi connectivity index (χ1v) is 6.71. The molecule has 0 aromatic rings. The van der Waals surface area contributed by atoms with Crippen molar-refractivity contribution in [3.05, 3.63) is 0 Å². The first kappa shape index (κ1) is 10.1. The summed E-state index contributed by atoms with van der Waals surface area (Å²) in [4.78, 5) is 0.